The summed E-state index contributed by atoms with van der Waals surface area (Å²) < 4.78 is 0. The fourth-order valence-corrected chi connectivity index (χ4v) is 1.22. The number of nitro groups is 1. The van der Waals surface area contributed by atoms with Crippen molar-refractivity contribution < 1.29 is 9.72 Å². The Hall–Kier alpha value is -1.62. The number of benzene rings is 1. The molecule has 1 rings (SSSR count). The summed E-state index contributed by atoms with van der Waals surface area (Å²) in [4.78, 5) is 20.6. The van der Waals surface area contributed by atoms with E-state index < -0.39 is 4.92 Å². The molecule has 0 saturated carbocycles. The van der Waals surface area contributed by atoms with Gasteiger partial charge in [0.05, 0.1) is 10.5 Å². The van der Waals surface area contributed by atoms with Crippen molar-refractivity contribution in [3.8, 4) is 0 Å². The molecule has 0 bridgehead atoms. The van der Waals surface area contributed by atoms with Crippen molar-refractivity contribution in [3.05, 3.63) is 45.5 Å². The van der Waals surface area contributed by atoms with Crippen LogP contribution in [0, 0.1) is 10.1 Å². The molecule has 0 atom stereocenters. The van der Waals surface area contributed by atoms with Crippen molar-refractivity contribution in [1.82, 2.24) is 0 Å². The smallest absolute Gasteiger partial charge is 0.277 e. The van der Waals surface area contributed by atoms with Gasteiger partial charge >= 0.3 is 0 Å². The van der Waals surface area contributed by atoms with E-state index in [9.17, 15) is 14.9 Å². The van der Waals surface area contributed by atoms with Gasteiger partial charge in [-0.15, -0.1) is 0 Å². The molecule has 0 aliphatic heterocycles. The van der Waals surface area contributed by atoms with Gasteiger partial charge in [0.1, 0.15) is 6.29 Å². The molecule has 0 N–H and O–H groups in total. The maximum absolute atomic E-state index is 10.7. The van der Waals surface area contributed by atoms with Crippen molar-refractivity contribution in [3.63, 3.8) is 0 Å². The SMILES string of the molecule is O=Cc1ccc(C=CCS)c([N+](=O)[O-])c1. The van der Waals surface area contributed by atoms with Crippen molar-refractivity contribution >= 4 is 30.7 Å². The van der Waals surface area contributed by atoms with Gasteiger partial charge in [-0.25, -0.2) is 0 Å². The fraction of sp³-hybridized carbons (Fsp3) is 0.100. The Morgan fingerprint density at radius 1 is 1.47 bits per heavy atom. The van der Waals surface area contributed by atoms with Crippen molar-refractivity contribution in [2.24, 2.45) is 0 Å². The van der Waals surface area contributed by atoms with Crippen LogP contribution < -0.4 is 0 Å². The Morgan fingerprint density at radius 2 is 2.20 bits per heavy atom. The van der Waals surface area contributed by atoms with E-state index in [1.165, 1.54) is 12.1 Å². The first-order valence-corrected chi connectivity index (χ1v) is 4.83. The standard InChI is InChI=1S/C10H9NO3S/c12-7-8-3-4-9(2-1-5-15)10(6-8)11(13)14/h1-4,6-7,15H,5H2. The molecule has 15 heavy (non-hydrogen) atoms. The molecule has 0 unspecified atom stereocenters. The third-order valence-corrected chi connectivity index (χ3v) is 2.00. The summed E-state index contributed by atoms with van der Waals surface area (Å²) >= 11 is 3.96. The van der Waals surface area contributed by atoms with Crippen LogP contribution in [-0.2, 0) is 0 Å². The van der Waals surface area contributed by atoms with E-state index >= 15 is 0 Å². The fourth-order valence-electron chi connectivity index (χ4n) is 1.11. The van der Waals surface area contributed by atoms with E-state index in [0.717, 1.165) is 0 Å². The lowest BCUT2D eigenvalue weighted by Gasteiger charge is -1.98. The zero-order valence-corrected chi connectivity index (χ0v) is 8.68. The van der Waals surface area contributed by atoms with Gasteiger partial charge in [-0.05, 0) is 6.07 Å². The highest BCUT2D eigenvalue weighted by Crippen LogP contribution is 2.21. The molecule has 0 spiro atoms. The van der Waals surface area contributed by atoms with Gasteiger partial charge in [-0.2, -0.15) is 12.6 Å². The minimum Gasteiger partial charge on any atom is -0.298 e. The molecule has 78 valence electrons. The number of thiol groups is 1. The minimum atomic E-state index is -0.509. The Balaban J connectivity index is 3.20. The maximum Gasteiger partial charge on any atom is 0.277 e. The van der Waals surface area contributed by atoms with Crippen LogP contribution >= 0.6 is 12.6 Å². The minimum absolute atomic E-state index is 0.0716. The second kappa shape index (κ2) is 5.31. The lowest BCUT2D eigenvalue weighted by Crippen LogP contribution is -1.93. The average Bonchev–Trinajstić information content (AvgIpc) is 2.26. The van der Waals surface area contributed by atoms with Crippen molar-refractivity contribution in [2.75, 3.05) is 5.75 Å². The second-order valence-corrected chi connectivity index (χ2v) is 3.14. The zero-order chi connectivity index (χ0) is 11.3. The normalized spacial score (nSPS) is 10.5. The lowest BCUT2D eigenvalue weighted by molar-refractivity contribution is -0.385. The predicted octanol–water partition coefficient (Wildman–Crippen LogP) is 2.35. The predicted molar refractivity (Wildman–Crippen MR) is 61.4 cm³/mol. The van der Waals surface area contributed by atoms with Crippen LogP contribution in [0.15, 0.2) is 24.3 Å². The highest BCUT2D eigenvalue weighted by atomic mass is 32.1. The first-order valence-electron chi connectivity index (χ1n) is 4.20. The Morgan fingerprint density at radius 3 is 2.73 bits per heavy atom. The average molecular weight is 223 g/mol. The number of carbonyl (C=O) groups is 1. The highest BCUT2D eigenvalue weighted by molar-refractivity contribution is 7.80. The zero-order valence-electron chi connectivity index (χ0n) is 7.79. The summed E-state index contributed by atoms with van der Waals surface area (Å²) in [5.74, 6) is 0.507. The summed E-state index contributed by atoms with van der Waals surface area (Å²) in [5, 5.41) is 10.7. The van der Waals surface area contributed by atoms with Crippen molar-refractivity contribution in [2.45, 2.75) is 0 Å². The van der Waals surface area contributed by atoms with Crippen LogP contribution in [0.2, 0.25) is 0 Å². The summed E-state index contributed by atoms with van der Waals surface area (Å²) in [7, 11) is 0. The quantitative estimate of drug-likeness (QED) is 0.369. The van der Waals surface area contributed by atoms with Gasteiger partial charge in [0, 0.05) is 17.4 Å². The number of aldehydes is 1. The van der Waals surface area contributed by atoms with Crippen LogP contribution in [-0.4, -0.2) is 17.0 Å². The van der Waals surface area contributed by atoms with Crippen LogP contribution in [0.25, 0.3) is 6.08 Å². The molecule has 0 radical (unpaired) electrons. The number of nitro benzene ring substituents is 1. The number of rotatable bonds is 4. The molecule has 1 aromatic rings. The lowest BCUT2D eigenvalue weighted by atomic mass is 10.1. The van der Waals surface area contributed by atoms with Gasteiger partial charge in [-0.1, -0.05) is 18.2 Å². The molecule has 0 aliphatic rings. The van der Waals surface area contributed by atoms with E-state index in [2.05, 4.69) is 12.6 Å². The summed E-state index contributed by atoms with van der Waals surface area (Å²) in [5.41, 5.74) is 0.696. The molecular weight excluding hydrogens is 214 g/mol. The second-order valence-electron chi connectivity index (χ2n) is 2.78. The van der Waals surface area contributed by atoms with Gasteiger partial charge in [0.15, 0.2) is 0 Å². The molecule has 4 nitrogen and oxygen atoms in total. The van der Waals surface area contributed by atoms with Gasteiger partial charge in [0.25, 0.3) is 5.69 Å². The highest BCUT2D eigenvalue weighted by Gasteiger charge is 2.11. The van der Waals surface area contributed by atoms with Gasteiger partial charge in [-0.3, -0.25) is 14.9 Å². The summed E-state index contributed by atoms with van der Waals surface area (Å²) in [6, 6.07) is 4.34. The van der Waals surface area contributed by atoms with Crippen LogP contribution in [0.5, 0.6) is 0 Å². The molecule has 0 fully saturated rings. The third kappa shape index (κ3) is 2.92. The monoisotopic (exact) mass is 223 g/mol. The van der Waals surface area contributed by atoms with E-state index in [4.69, 9.17) is 0 Å². The Kier molecular flexibility index (Phi) is 4.05. The van der Waals surface area contributed by atoms with Crippen LogP contribution in [0.1, 0.15) is 15.9 Å². The first-order chi connectivity index (χ1) is 7.19. The molecule has 0 aliphatic carbocycles. The Bertz CT molecular complexity index is 415. The van der Waals surface area contributed by atoms with Gasteiger partial charge < -0.3 is 0 Å². The molecule has 0 amide bonds. The summed E-state index contributed by atoms with van der Waals surface area (Å²) in [6.45, 7) is 0. The van der Waals surface area contributed by atoms with Crippen LogP contribution in [0.4, 0.5) is 5.69 Å². The van der Waals surface area contributed by atoms with E-state index in [1.54, 1.807) is 18.2 Å². The summed E-state index contributed by atoms with van der Waals surface area (Å²) in [6.07, 6.45) is 3.89. The molecule has 0 aromatic heterocycles. The van der Waals surface area contributed by atoms with Crippen molar-refractivity contribution in [1.29, 1.82) is 0 Å². The molecule has 0 heterocycles. The Labute approximate surface area is 92.2 Å². The number of carbonyl (C=O) groups excluding carboxylic acids is 1. The number of hydrogen-bond acceptors (Lipinski definition) is 4. The maximum atomic E-state index is 10.7. The number of nitrogens with zero attached hydrogens (tertiary/aromatic N) is 1. The molecule has 0 saturated heterocycles. The van der Waals surface area contributed by atoms with E-state index in [1.807, 2.05) is 0 Å². The molecule has 1 aromatic carbocycles. The molecule has 5 heteroatoms. The third-order valence-electron chi connectivity index (χ3n) is 1.79. The van der Waals surface area contributed by atoms with E-state index in [-0.39, 0.29) is 5.69 Å². The molecular formula is C10H9NO3S. The van der Waals surface area contributed by atoms with E-state index in [0.29, 0.717) is 23.2 Å². The topological polar surface area (TPSA) is 60.2 Å². The largest absolute Gasteiger partial charge is 0.298 e. The first kappa shape index (κ1) is 11.5. The number of hydrogen-bond donors (Lipinski definition) is 1. The van der Waals surface area contributed by atoms with Crippen LogP contribution in [0.3, 0.4) is 0 Å². The van der Waals surface area contributed by atoms with Gasteiger partial charge in [0.2, 0.25) is 0 Å².